The predicted molar refractivity (Wildman–Crippen MR) is 128 cm³/mol. The molecule has 2 N–H and O–H groups in total. The fourth-order valence-electron chi connectivity index (χ4n) is 3.60. The second kappa shape index (κ2) is 10.1. The lowest BCUT2D eigenvalue weighted by molar-refractivity contribution is -0.121. The van der Waals surface area contributed by atoms with Crippen LogP contribution in [0.3, 0.4) is 0 Å². The molecule has 1 atom stereocenters. The number of hydrogen-bond acceptors (Lipinski definition) is 6. The van der Waals surface area contributed by atoms with Crippen LogP contribution in [0, 0.1) is 12.8 Å². The van der Waals surface area contributed by atoms with Crippen molar-refractivity contribution in [3.63, 3.8) is 0 Å². The first-order valence-electron chi connectivity index (χ1n) is 10.5. The van der Waals surface area contributed by atoms with Crippen molar-refractivity contribution in [3.05, 3.63) is 69.1 Å². The number of rotatable bonds is 5. The number of aromatic nitrogens is 2. The number of carbonyl (C=O) groups is 3. The lowest BCUT2D eigenvalue weighted by Crippen LogP contribution is -2.43. The van der Waals surface area contributed by atoms with Crippen molar-refractivity contribution < 1.29 is 14.4 Å². The van der Waals surface area contributed by atoms with E-state index < -0.39 is 5.91 Å². The molecule has 1 saturated heterocycles. The Balaban J connectivity index is 1.37. The minimum absolute atomic E-state index is 0.0825. The zero-order chi connectivity index (χ0) is 23.4. The number of nitrogens with zero attached hydrogens (tertiary/aromatic N) is 3. The summed E-state index contributed by atoms with van der Waals surface area (Å²) in [4.78, 5) is 39.7. The summed E-state index contributed by atoms with van der Waals surface area (Å²) in [6, 6.07) is 14.3. The van der Waals surface area contributed by atoms with Gasteiger partial charge in [0.05, 0.1) is 5.92 Å². The van der Waals surface area contributed by atoms with Gasteiger partial charge < -0.3 is 15.5 Å². The molecule has 0 radical (unpaired) electrons. The molecule has 10 heteroatoms. The Morgan fingerprint density at radius 1 is 1.03 bits per heavy atom. The third-order valence-corrected chi connectivity index (χ3v) is 6.43. The van der Waals surface area contributed by atoms with Crippen LogP contribution in [0.15, 0.2) is 48.5 Å². The molecular formula is C23H22ClN5O3S. The monoisotopic (exact) mass is 483 g/mol. The molecule has 0 unspecified atom stereocenters. The van der Waals surface area contributed by atoms with E-state index in [2.05, 4.69) is 20.8 Å². The maximum atomic E-state index is 13.0. The Bertz CT molecular complexity index is 1180. The largest absolute Gasteiger partial charge is 0.336 e. The zero-order valence-electron chi connectivity index (χ0n) is 17.9. The van der Waals surface area contributed by atoms with Crippen LogP contribution in [-0.2, 0) is 4.79 Å². The van der Waals surface area contributed by atoms with Gasteiger partial charge in [-0.1, -0.05) is 35.1 Å². The van der Waals surface area contributed by atoms with Crippen LogP contribution in [0.4, 0.5) is 11.4 Å². The summed E-state index contributed by atoms with van der Waals surface area (Å²) in [5.41, 5.74) is 2.36. The van der Waals surface area contributed by atoms with Crippen LogP contribution in [0.25, 0.3) is 0 Å². The molecule has 0 bridgehead atoms. The van der Waals surface area contributed by atoms with Gasteiger partial charge in [0, 0.05) is 29.5 Å². The highest BCUT2D eigenvalue weighted by molar-refractivity contribution is 7.15. The Labute approximate surface area is 200 Å². The van der Waals surface area contributed by atoms with Crippen molar-refractivity contribution in [2.75, 3.05) is 23.7 Å². The summed E-state index contributed by atoms with van der Waals surface area (Å²) in [5, 5.41) is 14.2. The van der Waals surface area contributed by atoms with Gasteiger partial charge in [0.1, 0.15) is 0 Å². The molecule has 4 rings (SSSR count). The third-order valence-electron chi connectivity index (χ3n) is 5.27. The van der Waals surface area contributed by atoms with E-state index in [1.807, 2.05) is 31.2 Å². The topological polar surface area (TPSA) is 104 Å². The molecule has 1 aromatic heterocycles. The number of carbonyl (C=O) groups excluding carboxylic acids is 3. The molecule has 3 aromatic rings. The smallest absolute Gasteiger partial charge is 0.286 e. The number of amides is 3. The highest BCUT2D eigenvalue weighted by Crippen LogP contribution is 2.23. The average molecular weight is 484 g/mol. The van der Waals surface area contributed by atoms with E-state index >= 15 is 0 Å². The van der Waals surface area contributed by atoms with Crippen molar-refractivity contribution >= 4 is 52.0 Å². The van der Waals surface area contributed by atoms with Crippen LogP contribution < -0.4 is 10.6 Å². The fourth-order valence-corrected chi connectivity index (χ4v) is 4.43. The van der Waals surface area contributed by atoms with Gasteiger partial charge in [-0.05, 0) is 61.7 Å². The van der Waals surface area contributed by atoms with E-state index in [9.17, 15) is 14.4 Å². The lowest BCUT2D eigenvalue weighted by Gasteiger charge is -2.31. The van der Waals surface area contributed by atoms with Crippen molar-refractivity contribution in [2.45, 2.75) is 19.8 Å². The second-order valence-corrected chi connectivity index (χ2v) is 9.24. The van der Waals surface area contributed by atoms with E-state index in [0.717, 1.165) is 22.6 Å². The molecular weight excluding hydrogens is 462 g/mol. The number of piperidine rings is 1. The predicted octanol–water partition coefficient (Wildman–Crippen LogP) is 4.24. The summed E-state index contributed by atoms with van der Waals surface area (Å²) < 4.78 is 0. The van der Waals surface area contributed by atoms with Crippen molar-refractivity contribution in [1.82, 2.24) is 15.1 Å². The zero-order valence-corrected chi connectivity index (χ0v) is 19.4. The molecule has 8 nitrogen and oxygen atoms in total. The molecule has 2 aromatic carbocycles. The lowest BCUT2D eigenvalue weighted by atomic mass is 9.97. The summed E-state index contributed by atoms with van der Waals surface area (Å²) in [5.74, 6) is -1.21. The van der Waals surface area contributed by atoms with Gasteiger partial charge >= 0.3 is 0 Å². The van der Waals surface area contributed by atoms with Gasteiger partial charge in [-0.25, -0.2) is 0 Å². The minimum atomic E-state index is -0.456. The SMILES string of the molecule is Cc1cccc(NC(=O)[C@@H]2CCCN(C(=O)c3nnc(C(=O)Nc4ccc(Cl)cc4)s3)C2)c1. The Morgan fingerprint density at radius 3 is 2.55 bits per heavy atom. The summed E-state index contributed by atoms with van der Waals surface area (Å²) in [6.07, 6.45) is 1.41. The second-order valence-electron chi connectivity index (χ2n) is 7.82. The fraction of sp³-hybridized carbons (Fsp3) is 0.261. The van der Waals surface area contributed by atoms with Gasteiger partial charge in [0.15, 0.2) is 0 Å². The van der Waals surface area contributed by atoms with Crippen molar-refractivity contribution in [3.8, 4) is 0 Å². The van der Waals surface area contributed by atoms with Crippen molar-refractivity contribution in [1.29, 1.82) is 0 Å². The standard InChI is InChI=1S/C23H22ClN5O3S/c1-14-4-2-6-18(12-14)26-19(30)15-5-3-11-29(13-15)23(32)22-28-27-21(33-22)20(31)25-17-9-7-16(24)8-10-17/h2,4,6-10,12,15H,3,5,11,13H2,1H3,(H,25,31)(H,26,30)/t15-/m1/s1. The molecule has 170 valence electrons. The molecule has 1 fully saturated rings. The van der Waals surface area contributed by atoms with E-state index in [1.165, 1.54) is 0 Å². The summed E-state index contributed by atoms with van der Waals surface area (Å²) in [7, 11) is 0. The van der Waals surface area contributed by atoms with Crippen LogP contribution >= 0.6 is 22.9 Å². The first-order valence-corrected chi connectivity index (χ1v) is 11.7. The quantitative estimate of drug-likeness (QED) is 0.564. The number of nitrogens with one attached hydrogen (secondary N) is 2. The van der Waals surface area contributed by atoms with Crippen LogP contribution in [-0.4, -0.2) is 45.9 Å². The molecule has 1 aliphatic rings. The highest BCUT2D eigenvalue weighted by atomic mass is 35.5. The van der Waals surface area contributed by atoms with Crippen LogP contribution in [0.2, 0.25) is 5.02 Å². The van der Waals surface area contributed by atoms with Crippen LogP contribution in [0.5, 0.6) is 0 Å². The number of benzene rings is 2. The molecule has 1 aliphatic heterocycles. The Kier molecular flexibility index (Phi) is 7.00. The van der Waals surface area contributed by atoms with Gasteiger partial charge in [-0.15, -0.1) is 10.2 Å². The molecule has 2 heterocycles. The van der Waals surface area contributed by atoms with Gasteiger partial charge in [0.25, 0.3) is 11.8 Å². The highest BCUT2D eigenvalue weighted by Gasteiger charge is 2.31. The molecule has 0 saturated carbocycles. The maximum absolute atomic E-state index is 13.0. The van der Waals surface area contributed by atoms with E-state index in [0.29, 0.717) is 36.6 Å². The maximum Gasteiger partial charge on any atom is 0.286 e. The van der Waals surface area contributed by atoms with E-state index in [1.54, 1.807) is 29.2 Å². The summed E-state index contributed by atoms with van der Waals surface area (Å²) in [6.45, 7) is 2.78. The molecule has 3 amide bonds. The Morgan fingerprint density at radius 2 is 1.79 bits per heavy atom. The molecule has 0 spiro atoms. The van der Waals surface area contributed by atoms with E-state index in [4.69, 9.17) is 11.6 Å². The van der Waals surface area contributed by atoms with Crippen molar-refractivity contribution in [2.24, 2.45) is 5.92 Å². The molecule has 33 heavy (non-hydrogen) atoms. The Hall–Kier alpha value is -3.30. The number of aryl methyl sites for hydroxylation is 1. The third kappa shape index (κ3) is 5.74. The van der Waals surface area contributed by atoms with Crippen LogP contribution in [0.1, 0.15) is 38.0 Å². The summed E-state index contributed by atoms with van der Waals surface area (Å²) >= 11 is 6.78. The van der Waals surface area contributed by atoms with Gasteiger partial charge in [0.2, 0.25) is 15.9 Å². The number of likely N-dealkylation sites (tertiary alicyclic amines) is 1. The van der Waals surface area contributed by atoms with Gasteiger partial charge in [-0.3, -0.25) is 14.4 Å². The average Bonchev–Trinajstić information content (AvgIpc) is 3.31. The minimum Gasteiger partial charge on any atom is -0.336 e. The first-order chi connectivity index (χ1) is 15.9. The van der Waals surface area contributed by atoms with E-state index in [-0.39, 0.29) is 27.7 Å². The number of anilines is 2. The number of hydrogen-bond donors (Lipinski definition) is 2. The molecule has 0 aliphatic carbocycles. The first kappa shape index (κ1) is 22.9. The number of halogens is 1. The van der Waals surface area contributed by atoms with Gasteiger partial charge in [-0.2, -0.15) is 0 Å². The normalized spacial score (nSPS) is 15.7.